The number of carbonyl (C=O) groups is 2. The Morgan fingerprint density at radius 2 is 1.72 bits per heavy atom. The standard InChI is InChI=1S/C14H10N2O2/c1-8-11(9-5-3-2-4-6-9)12-10(7-15-8)13(17)16-14(12)18/h2-7H,1H3,(H,16,17,18). The number of hydrogen-bond acceptors (Lipinski definition) is 3. The number of pyridine rings is 1. The summed E-state index contributed by atoms with van der Waals surface area (Å²) in [5, 5.41) is 2.30. The van der Waals surface area contributed by atoms with Crippen LogP contribution in [0.25, 0.3) is 11.1 Å². The molecule has 0 unspecified atom stereocenters. The molecule has 88 valence electrons. The fourth-order valence-corrected chi connectivity index (χ4v) is 2.21. The van der Waals surface area contributed by atoms with Crippen molar-refractivity contribution in [3.63, 3.8) is 0 Å². The van der Waals surface area contributed by atoms with Gasteiger partial charge in [0.15, 0.2) is 0 Å². The summed E-state index contributed by atoms with van der Waals surface area (Å²) in [4.78, 5) is 27.7. The van der Waals surface area contributed by atoms with Crippen LogP contribution in [0.1, 0.15) is 26.4 Å². The Labute approximate surface area is 104 Å². The lowest BCUT2D eigenvalue weighted by molar-refractivity contribution is 0.0880. The van der Waals surface area contributed by atoms with Crippen LogP contribution in [0.15, 0.2) is 36.5 Å². The summed E-state index contributed by atoms with van der Waals surface area (Å²) in [6, 6.07) is 9.49. The number of imide groups is 1. The van der Waals surface area contributed by atoms with Gasteiger partial charge >= 0.3 is 0 Å². The fraction of sp³-hybridized carbons (Fsp3) is 0.0714. The van der Waals surface area contributed by atoms with Crippen molar-refractivity contribution in [3.8, 4) is 11.1 Å². The van der Waals surface area contributed by atoms with E-state index in [9.17, 15) is 9.59 Å². The first-order valence-corrected chi connectivity index (χ1v) is 5.59. The molecule has 1 aromatic heterocycles. The van der Waals surface area contributed by atoms with Gasteiger partial charge in [-0.1, -0.05) is 30.3 Å². The van der Waals surface area contributed by atoms with Crippen molar-refractivity contribution in [1.82, 2.24) is 10.3 Å². The summed E-state index contributed by atoms with van der Waals surface area (Å²) in [6.07, 6.45) is 1.46. The third kappa shape index (κ3) is 1.43. The van der Waals surface area contributed by atoms with Crippen molar-refractivity contribution < 1.29 is 9.59 Å². The summed E-state index contributed by atoms with van der Waals surface area (Å²) in [5.41, 5.74) is 3.15. The Bertz CT molecular complexity index is 663. The van der Waals surface area contributed by atoms with Gasteiger partial charge in [0.1, 0.15) is 0 Å². The summed E-state index contributed by atoms with van der Waals surface area (Å²) in [7, 11) is 0. The van der Waals surface area contributed by atoms with E-state index in [2.05, 4.69) is 10.3 Å². The smallest absolute Gasteiger partial charge is 0.260 e. The Balaban J connectivity index is 2.34. The molecule has 1 aliphatic heterocycles. The zero-order valence-corrected chi connectivity index (χ0v) is 9.73. The van der Waals surface area contributed by atoms with E-state index >= 15 is 0 Å². The molecule has 0 saturated carbocycles. The summed E-state index contributed by atoms with van der Waals surface area (Å²) in [6.45, 7) is 1.83. The molecule has 4 nitrogen and oxygen atoms in total. The van der Waals surface area contributed by atoms with Gasteiger partial charge in [-0.25, -0.2) is 0 Å². The first kappa shape index (κ1) is 10.7. The van der Waals surface area contributed by atoms with E-state index in [1.54, 1.807) is 0 Å². The maximum absolute atomic E-state index is 11.9. The molecule has 0 saturated heterocycles. The second kappa shape index (κ2) is 3.77. The number of aryl methyl sites for hydroxylation is 1. The van der Waals surface area contributed by atoms with Crippen LogP contribution in [0.3, 0.4) is 0 Å². The van der Waals surface area contributed by atoms with Gasteiger partial charge in [0, 0.05) is 17.5 Å². The second-order valence-electron chi connectivity index (χ2n) is 4.16. The lowest BCUT2D eigenvalue weighted by Gasteiger charge is -2.08. The van der Waals surface area contributed by atoms with E-state index < -0.39 is 0 Å². The Kier molecular flexibility index (Phi) is 2.23. The molecule has 0 aliphatic carbocycles. The maximum Gasteiger partial charge on any atom is 0.260 e. The van der Waals surface area contributed by atoms with Crippen molar-refractivity contribution in [2.24, 2.45) is 0 Å². The minimum atomic E-state index is -0.375. The number of amides is 2. The van der Waals surface area contributed by atoms with Gasteiger partial charge < -0.3 is 0 Å². The fourth-order valence-electron chi connectivity index (χ4n) is 2.21. The van der Waals surface area contributed by atoms with E-state index in [0.717, 1.165) is 16.8 Å². The molecule has 18 heavy (non-hydrogen) atoms. The summed E-state index contributed by atoms with van der Waals surface area (Å²) in [5.74, 6) is -0.723. The predicted molar refractivity (Wildman–Crippen MR) is 66.2 cm³/mol. The number of nitrogens with one attached hydrogen (secondary N) is 1. The molecule has 2 aromatic rings. The van der Waals surface area contributed by atoms with E-state index in [1.807, 2.05) is 37.3 Å². The van der Waals surface area contributed by atoms with Crippen LogP contribution in [0.2, 0.25) is 0 Å². The molecule has 0 atom stereocenters. The SMILES string of the molecule is Cc1ncc2c(c1-c1ccccc1)C(=O)NC2=O. The highest BCUT2D eigenvalue weighted by Crippen LogP contribution is 2.30. The molecule has 0 fully saturated rings. The van der Waals surface area contributed by atoms with Crippen molar-refractivity contribution >= 4 is 11.8 Å². The first-order chi connectivity index (χ1) is 8.68. The zero-order chi connectivity index (χ0) is 12.7. The minimum absolute atomic E-state index is 0.348. The zero-order valence-electron chi connectivity index (χ0n) is 9.73. The number of hydrogen-bond donors (Lipinski definition) is 1. The van der Waals surface area contributed by atoms with Crippen LogP contribution in [0.5, 0.6) is 0 Å². The van der Waals surface area contributed by atoms with Crippen molar-refractivity contribution in [3.05, 3.63) is 53.3 Å². The van der Waals surface area contributed by atoms with Gasteiger partial charge in [0.25, 0.3) is 11.8 Å². The molecule has 2 amide bonds. The second-order valence-corrected chi connectivity index (χ2v) is 4.16. The summed E-state index contributed by atoms with van der Waals surface area (Å²) >= 11 is 0. The third-order valence-corrected chi connectivity index (χ3v) is 3.03. The summed E-state index contributed by atoms with van der Waals surface area (Å²) < 4.78 is 0. The van der Waals surface area contributed by atoms with Crippen LogP contribution < -0.4 is 5.32 Å². The third-order valence-electron chi connectivity index (χ3n) is 3.03. The number of aromatic nitrogens is 1. The Hall–Kier alpha value is -2.49. The lowest BCUT2D eigenvalue weighted by atomic mass is 9.96. The Morgan fingerprint density at radius 1 is 1.00 bits per heavy atom. The average molecular weight is 238 g/mol. The molecule has 1 N–H and O–H groups in total. The largest absolute Gasteiger partial charge is 0.288 e. The molecule has 0 spiro atoms. The van der Waals surface area contributed by atoms with Crippen LogP contribution in [-0.2, 0) is 0 Å². The number of benzene rings is 1. The molecule has 1 aromatic carbocycles. The highest BCUT2D eigenvalue weighted by Gasteiger charge is 2.31. The van der Waals surface area contributed by atoms with E-state index in [4.69, 9.17) is 0 Å². The normalized spacial score (nSPS) is 13.4. The van der Waals surface area contributed by atoms with Gasteiger partial charge in [-0.3, -0.25) is 19.9 Å². The topological polar surface area (TPSA) is 59.1 Å². The quantitative estimate of drug-likeness (QED) is 0.772. The number of carbonyl (C=O) groups excluding carboxylic acids is 2. The predicted octanol–water partition coefficient (Wildman–Crippen LogP) is 1.94. The van der Waals surface area contributed by atoms with Crippen molar-refractivity contribution in [2.45, 2.75) is 6.92 Å². The van der Waals surface area contributed by atoms with Gasteiger partial charge in [-0.2, -0.15) is 0 Å². The van der Waals surface area contributed by atoms with E-state index in [-0.39, 0.29) is 11.8 Å². The molecule has 3 rings (SSSR count). The Morgan fingerprint density at radius 3 is 2.44 bits per heavy atom. The van der Waals surface area contributed by atoms with Crippen LogP contribution in [0, 0.1) is 6.92 Å². The van der Waals surface area contributed by atoms with Crippen LogP contribution >= 0.6 is 0 Å². The molecule has 1 aliphatic rings. The number of fused-ring (bicyclic) bond motifs is 1. The number of rotatable bonds is 1. The molecular formula is C14H10N2O2. The maximum atomic E-state index is 11.9. The molecule has 0 bridgehead atoms. The lowest BCUT2D eigenvalue weighted by Crippen LogP contribution is -2.20. The van der Waals surface area contributed by atoms with Gasteiger partial charge in [0.2, 0.25) is 0 Å². The van der Waals surface area contributed by atoms with Gasteiger partial charge in [-0.05, 0) is 12.5 Å². The number of nitrogens with zero attached hydrogens (tertiary/aromatic N) is 1. The van der Waals surface area contributed by atoms with Crippen LogP contribution in [-0.4, -0.2) is 16.8 Å². The molecule has 0 radical (unpaired) electrons. The minimum Gasteiger partial charge on any atom is -0.288 e. The molecule has 2 heterocycles. The first-order valence-electron chi connectivity index (χ1n) is 5.59. The van der Waals surface area contributed by atoms with E-state index in [0.29, 0.717) is 11.1 Å². The van der Waals surface area contributed by atoms with Gasteiger partial charge in [0.05, 0.1) is 11.1 Å². The van der Waals surface area contributed by atoms with Gasteiger partial charge in [-0.15, -0.1) is 0 Å². The van der Waals surface area contributed by atoms with Crippen molar-refractivity contribution in [2.75, 3.05) is 0 Å². The van der Waals surface area contributed by atoms with Crippen molar-refractivity contribution in [1.29, 1.82) is 0 Å². The molecular weight excluding hydrogens is 228 g/mol. The highest BCUT2D eigenvalue weighted by atomic mass is 16.2. The average Bonchev–Trinajstić information content (AvgIpc) is 2.66. The van der Waals surface area contributed by atoms with E-state index in [1.165, 1.54) is 6.20 Å². The monoisotopic (exact) mass is 238 g/mol. The van der Waals surface area contributed by atoms with Crippen LogP contribution in [0.4, 0.5) is 0 Å². The highest BCUT2D eigenvalue weighted by molar-refractivity contribution is 6.24. The molecule has 4 heteroatoms.